The van der Waals surface area contributed by atoms with E-state index in [4.69, 9.17) is 4.52 Å². The van der Waals surface area contributed by atoms with E-state index in [-0.39, 0.29) is 11.8 Å². The molecule has 1 unspecified atom stereocenters. The summed E-state index contributed by atoms with van der Waals surface area (Å²) in [7, 11) is 0. The number of aryl methyl sites for hydroxylation is 1. The van der Waals surface area contributed by atoms with Crippen molar-refractivity contribution in [2.24, 2.45) is 5.92 Å². The van der Waals surface area contributed by atoms with Gasteiger partial charge in [-0.2, -0.15) is 0 Å². The number of anilines is 1. The van der Waals surface area contributed by atoms with Gasteiger partial charge < -0.3 is 9.84 Å². The van der Waals surface area contributed by atoms with Crippen LogP contribution in [0.4, 0.5) is 5.69 Å². The van der Waals surface area contributed by atoms with Crippen LogP contribution in [0.25, 0.3) is 0 Å². The van der Waals surface area contributed by atoms with Crippen LogP contribution in [0.15, 0.2) is 41.2 Å². The van der Waals surface area contributed by atoms with Crippen molar-refractivity contribution in [3.63, 3.8) is 0 Å². The molecule has 0 saturated carbocycles. The molecule has 1 aromatic carbocycles. The summed E-state index contributed by atoms with van der Waals surface area (Å²) in [6, 6.07) is 8.33. The zero-order valence-corrected chi connectivity index (χ0v) is 9.93. The monoisotopic (exact) mass is 242 g/mol. The van der Waals surface area contributed by atoms with E-state index in [2.05, 4.69) is 28.7 Å². The number of carbonyl (C=O) groups excluding carboxylic acids is 1. The zero-order chi connectivity index (χ0) is 12.4. The van der Waals surface area contributed by atoms with Crippen LogP contribution < -0.4 is 5.32 Å². The molecule has 3 rings (SSSR count). The smallest absolute Gasteiger partial charge is 0.227 e. The summed E-state index contributed by atoms with van der Waals surface area (Å²) in [5.41, 5.74) is 3.28. The van der Waals surface area contributed by atoms with Gasteiger partial charge in [0.2, 0.25) is 5.91 Å². The number of benzene rings is 1. The number of amides is 1. The first-order valence-corrected chi connectivity index (χ1v) is 6.10. The van der Waals surface area contributed by atoms with Gasteiger partial charge in [0.15, 0.2) is 0 Å². The lowest BCUT2D eigenvalue weighted by atomic mass is 9.83. The second kappa shape index (κ2) is 4.64. The van der Waals surface area contributed by atoms with Crippen LogP contribution in [-0.2, 0) is 17.6 Å². The van der Waals surface area contributed by atoms with Crippen LogP contribution in [0.2, 0.25) is 0 Å². The van der Waals surface area contributed by atoms with E-state index in [1.165, 1.54) is 23.6 Å². The highest BCUT2D eigenvalue weighted by Crippen LogP contribution is 2.26. The Balaban J connectivity index is 1.70. The highest BCUT2D eigenvalue weighted by molar-refractivity contribution is 5.92. The molecule has 1 aromatic heterocycles. The number of rotatable bonds is 2. The van der Waals surface area contributed by atoms with E-state index >= 15 is 0 Å². The molecule has 0 saturated heterocycles. The fourth-order valence-electron chi connectivity index (χ4n) is 2.43. The lowest BCUT2D eigenvalue weighted by Gasteiger charge is -2.23. The number of aromatic nitrogens is 1. The summed E-state index contributed by atoms with van der Waals surface area (Å²) < 4.78 is 4.69. The molecular formula is C14H14N2O2. The minimum absolute atomic E-state index is 0.0369. The Hall–Kier alpha value is -2.10. The summed E-state index contributed by atoms with van der Waals surface area (Å²) in [5, 5.41) is 6.39. The van der Waals surface area contributed by atoms with Gasteiger partial charge in [0, 0.05) is 5.92 Å². The summed E-state index contributed by atoms with van der Waals surface area (Å²) in [6.07, 6.45) is 5.63. The Morgan fingerprint density at radius 1 is 1.33 bits per heavy atom. The van der Waals surface area contributed by atoms with Crippen LogP contribution in [-0.4, -0.2) is 11.1 Å². The predicted octanol–water partition coefficient (Wildman–Crippen LogP) is 2.42. The SMILES string of the molecule is O=C(Nc1cnoc1)C1CCc2ccccc2C1. The Bertz CT molecular complexity index is 549. The predicted molar refractivity (Wildman–Crippen MR) is 67.1 cm³/mol. The summed E-state index contributed by atoms with van der Waals surface area (Å²) in [5.74, 6) is 0.0857. The zero-order valence-electron chi connectivity index (χ0n) is 9.93. The molecule has 1 amide bonds. The van der Waals surface area contributed by atoms with Crippen molar-refractivity contribution in [1.82, 2.24) is 5.16 Å². The average Bonchev–Trinajstić information content (AvgIpc) is 2.91. The van der Waals surface area contributed by atoms with Crippen molar-refractivity contribution in [2.45, 2.75) is 19.3 Å². The van der Waals surface area contributed by atoms with Crippen molar-refractivity contribution in [2.75, 3.05) is 5.32 Å². The molecular weight excluding hydrogens is 228 g/mol. The minimum atomic E-state index is 0.0369. The van der Waals surface area contributed by atoms with Gasteiger partial charge >= 0.3 is 0 Å². The Morgan fingerprint density at radius 3 is 2.94 bits per heavy atom. The third-order valence-electron chi connectivity index (χ3n) is 3.42. The largest absolute Gasteiger partial charge is 0.363 e. The maximum atomic E-state index is 12.1. The van der Waals surface area contributed by atoms with Crippen LogP contribution >= 0.6 is 0 Å². The summed E-state index contributed by atoms with van der Waals surface area (Å²) in [6.45, 7) is 0. The van der Waals surface area contributed by atoms with E-state index in [9.17, 15) is 4.79 Å². The normalized spacial score (nSPS) is 18.1. The molecule has 1 aliphatic rings. The quantitative estimate of drug-likeness (QED) is 0.879. The standard InChI is InChI=1S/C14H14N2O2/c17-14(16-13-8-15-18-9-13)12-6-5-10-3-1-2-4-11(10)7-12/h1-4,8-9,12H,5-7H2,(H,16,17). The molecule has 18 heavy (non-hydrogen) atoms. The van der Waals surface area contributed by atoms with Crippen molar-refractivity contribution >= 4 is 11.6 Å². The fourth-order valence-corrected chi connectivity index (χ4v) is 2.43. The van der Waals surface area contributed by atoms with E-state index < -0.39 is 0 Å². The van der Waals surface area contributed by atoms with E-state index in [1.54, 1.807) is 0 Å². The van der Waals surface area contributed by atoms with Gasteiger partial charge in [0.1, 0.15) is 12.0 Å². The topological polar surface area (TPSA) is 55.1 Å². The third kappa shape index (κ3) is 2.14. The van der Waals surface area contributed by atoms with Crippen LogP contribution in [0.5, 0.6) is 0 Å². The van der Waals surface area contributed by atoms with Gasteiger partial charge in [0.25, 0.3) is 0 Å². The number of nitrogens with one attached hydrogen (secondary N) is 1. The maximum Gasteiger partial charge on any atom is 0.227 e. The molecule has 92 valence electrons. The Kier molecular flexibility index (Phi) is 2.84. The first-order valence-electron chi connectivity index (χ1n) is 6.10. The molecule has 1 N–H and O–H groups in total. The number of carbonyl (C=O) groups is 1. The fraction of sp³-hybridized carbons (Fsp3) is 0.286. The number of hydrogen-bond acceptors (Lipinski definition) is 3. The summed E-state index contributed by atoms with van der Waals surface area (Å²) >= 11 is 0. The minimum Gasteiger partial charge on any atom is -0.363 e. The first-order chi connectivity index (χ1) is 8.83. The third-order valence-corrected chi connectivity index (χ3v) is 3.42. The number of nitrogens with zero attached hydrogens (tertiary/aromatic N) is 1. The second-order valence-corrected chi connectivity index (χ2v) is 4.61. The first kappa shape index (κ1) is 11.0. The average molecular weight is 242 g/mol. The summed E-state index contributed by atoms with van der Waals surface area (Å²) in [4.78, 5) is 12.1. The molecule has 0 bridgehead atoms. The molecule has 0 spiro atoms. The second-order valence-electron chi connectivity index (χ2n) is 4.61. The van der Waals surface area contributed by atoms with Gasteiger partial charge in [-0.15, -0.1) is 0 Å². The van der Waals surface area contributed by atoms with E-state index in [0.717, 1.165) is 19.3 Å². The molecule has 4 heteroatoms. The molecule has 1 atom stereocenters. The Labute approximate surface area is 105 Å². The molecule has 0 radical (unpaired) electrons. The van der Waals surface area contributed by atoms with E-state index in [0.29, 0.717) is 5.69 Å². The molecule has 1 heterocycles. The molecule has 0 fully saturated rings. The maximum absolute atomic E-state index is 12.1. The van der Waals surface area contributed by atoms with Gasteiger partial charge in [-0.1, -0.05) is 29.4 Å². The molecule has 0 aliphatic heterocycles. The van der Waals surface area contributed by atoms with Gasteiger partial charge in [-0.25, -0.2) is 0 Å². The van der Waals surface area contributed by atoms with Gasteiger partial charge in [0.05, 0.1) is 6.20 Å². The lowest BCUT2D eigenvalue weighted by molar-refractivity contribution is -0.120. The molecule has 1 aliphatic carbocycles. The van der Waals surface area contributed by atoms with Crippen molar-refractivity contribution < 1.29 is 9.32 Å². The molecule has 4 nitrogen and oxygen atoms in total. The lowest BCUT2D eigenvalue weighted by Crippen LogP contribution is -2.28. The number of fused-ring (bicyclic) bond motifs is 1. The van der Waals surface area contributed by atoms with Gasteiger partial charge in [-0.05, 0) is 30.4 Å². The van der Waals surface area contributed by atoms with Crippen LogP contribution in [0.3, 0.4) is 0 Å². The molecule has 2 aromatic rings. The van der Waals surface area contributed by atoms with Crippen molar-refractivity contribution in [3.05, 3.63) is 47.9 Å². The highest BCUT2D eigenvalue weighted by Gasteiger charge is 2.24. The van der Waals surface area contributed by atoms with Crippen molar-refractivity contribution in [3.8, 4) is 0 Å². The number of hydrogen-bond donors (Lipinski definition) is 1. The highest BCUT2D eigenvalue weighted by atomic mass is 16.5. The van der Waals surface area contributed by atoms with E-state index in [1.807, 2.05) is 6.07 Å². The van der Waals surface area contributed by atoms with Crippen molar-refractivity contribution in [1.29, 1.82) is 0 Å². The van der Waals surface area contributed by atoms with Crippen LogP contribution in [0.1, 0.15) is 17.5 Å². The Morgan fingerprint density at radius 2 is 2.17 bits per heavy atom. The van der Waals surface area contributed by atoms with Gasteiger partial charge in [-0.3, -0.25) is 4.79 Å². The van der Waals surface area contributed by atoms with Crippen LogP contribution in [0, 0.1) is 5.92 Å².